The number of halogens is 1. The molecule has 0 spiro atoms. The van der Waals surface area contributed by atoms with Crippen molar-refractivity contribution < 1.29 is 18.1 Å². The maximum Gasteiger partial charge on any atom is 0.270 e. The van der Waals surface area contributed by atoms with Gasteiger partial charge in [-0.25, -0.2) is 8.42 Å². The summed E-state index contributed by atoms with van der Waals surface area (Å²) in [5.74, 6) is -0.205. The van der Waals surface area contributed by atoms with Crippen molar-refractivity contribution in [2.45, 2.75) is 11.8 Å². The number of hydrogen-bond donors (Lipinski definition) is 1. The molecular formula is C19H21ClN4O5S. The van der Waals surface area contributed by atoms with Crippen LogP contribution in [0, 0.1) is 17.0 Å². The minimum atomic E-state index is -3.86. The molecule has 0 aliphatic carbocycles. The van der Waals surface area contributed by atoms with Crippen LogP contribution in [-0.2, 0) is 14.8 Å². The molecule has 0 atom stereocenters. The molecule has 0 aromatic heterocycles. The molecule has 1 heterocycles. The van der Waals surface area contributed by atoms with Crippen LogP contribution in [0.1, 0.15) is 5.56 Å². The average Bonchev–Trinajstić information content (AvgIpc) is 2.70. The largest absolute Gasteiger partial charge is 0.325 e. The lowest BCUT2D eigenvalue weighted by atomic mass is 10.2. The molecule has 1 aliphatic heterocycles. The summed E-state index contributed by atoms with van der Waals surface area (Å²) >= 11 is 5.82. The Bertz CT molecular complexity index is 1050. The van der Waals surface area contributed by atoms with Crippen molar-refractivity contribution in [2.75, 3.05) is 38.0 Å². The van der Waals surface area contributed by atoms with Crippen LogP contribution in [0.15, 0.2) is 47.4 Å². The SMILES string of the molecule is Cc1ccc([N+](=O)[O-])cc1S(=O)(=O)N1CCN(CC(=O)Nc2ccc(Cl)cc2)CC1. The van der Waals surface area contributed by atoms with Gasteiger partial charge in [0.2, 0.25) is 15.9 Å². The van der Waals surface area contributed by atoms with Gasteiger partial charge in [0.1, 0.15) is 0 Å². The predicted molar refractivity (Wildman–Crippen MR) is 113 cm³/mol. The number of carbonyl (C=O) groups excluding carboxylic acids is 1. The van der Waals surface area contributed by atoms with Crippen LogP contribution in [0.4, 0.5) is 11.4 Å². The summed E-state index contributed by atoms with van der Waals surface area (Å²) in [6.07, 6.45) is 0. The lowest BCUT2D eigenvalue weighted by Gasteiger charge is -2.33. The third-order valence-electron chi connectivity index (χ3n) is 4.83. The zero-order valence-electron chi connectivity index (χ0n) is 16.2. The summed E-state index contributed by atoms with van der Waals surface area (Å²) in [5.41, 5.74) is 0.814. The summed E-state index contributed by atoms with van der Waals surface area (Å²) in [5, 5.41) is 14.4. The van der Waals surface area contributed by atoms with E-state index in [0.29, 0.717) is 29.4 Å². The zero-order chi connectivity index (χ0) is 21.9. The molecule has 11 heteroatoms. The highest BCUT2D eigenvalue weighted by atomic mass is 35.5. The molecule has 1 amide bonds. The molecule has 2 aromatic carbocycles. The number of rotatable bonds is 6. The average molecular weight is 453 g/mol. The van der Waals surface area contributed by atoms with Crippen molar-refractivity contribution in [1.29, 1.82) is 0 Å². The maximum atomic E-state index is 13.0. The number of hydrogen-bond acceptors (Lipinski definition) is 6. The molecule has 160 valence electrons. The van der Waals surface area contributed by atoms with Gasteiger partial charge < -0.3 is 5.32 Å². The first kappa shape index (κ1) is 22.2. The quantitative estimate of drug-likeness (QED) is 0.532. The highest BCUT2D eigenvalue weighted by Gasteiger charge is 2.31. The highest BCUT2D eigenvalue weighted by molar-refractivity contribution is 7.89. The van der Waals surface area contributed by atoms with Crippen molar-refractivity contribution >= 4 is 38.9 Å². The van der Waals surface area contributed by atoms with E-state index in [9.17, 15) is 23.3 Å². The number of amides is 1. The number of aryl methyl sites for hydroxylation is 1. The number of nitrogens with zero attached hydrogens (tertiary/aromatic N) is 3. The fourth-order valence-corrected chi connectivity index (χ4v) is 4.98. The standard InChI is InChI=1S/C19H21ClN4O5S/c1-14-2-7-17(24(26)27)12-18(14)30(28,29)23-10-8-22(9-11-23)13-19(25)21-16-5-3-15(20)4-6-16/h2-7,12H,8-11,13H2,1H3,(H,21,25). The summed E-state index contributed by atoms with van der Waals surface area (Å²) in [6.45, 7) is 2.88. The number of nitrogens with one attached hydrogen (secondary N) is 1. The van der Waals surface area contributed by atoms with E-state index in [-0.39, 0.29) is 36.1 Å². The monoisotopic (exact) mass is 452 g/mol. The van der Waals surface area contributed by atoms with Gasteiger partial charge in [-0.05, 0) is 36.8 Å². The first-order chi connectivity index (χ1) is 14.2. The minimum absolute atomic E-state index is 0.0642. The lowest BCUT2D eigenvalue weighted by Crippen LogP contribution is -2.50. The van der Waals surface area contributed by atoms with Gasteiger partial charge in [0, 0.05) is 49.0 Å². The molecule has 2 aromatic rings. The van der Waals surface area contributed by atoms with Crippen molar-refractivity contribution in [3.63, 3.8) is 0 Å². The minimum Gasteiger partial charge on any atom is -0.325 e. The van der Waals surface area contributed by atoms with E-state index >= 15 is 0 Å². The fourth-order valence-electron chi connectivity index (χ4n) is 3.18. The molecule has 9 nitrogen and oxygen atoms in total. The van der Waals surface area contributed by atoms with E-state index in [4.69, 9.17) is 11.6 Å². The third kappa shape index (κ3) is 5.14. The number of sulfonamides is 1. The maximum absolute atomic E-state index is 13.0. The number of anilines is 1. The molecular weight excluding hydrogens is 432 g/mol. The van der Waals surface area contributed by atoms with Crippen molar-refractivity contribution in [1.82, 2.24) is 9.21 Å². The van der Waals surface area contributed by atoms with Gasteiger partial charge in [-0.15, -0.1) is 0 Å². The summed E-state index contributed by atoms with van der Waals surface area (Å²) in [4.78, 5) is 24.4. The smallest absolute Gasteiger partial charge is 0.270 e. The molecule has 0 unspecified atom stereocenters. The van der Waals surface area contributed by atoms with E-state index in [0.717, 1.165) is 6.07 Å². The van der Waals surface area contributed by atoms with Gasteiger partial charge in [0.05, 0.1) is 16.4 Å². The molecule has 1 N–H and O–H groups in total. The van der Waals surface area contributed by atoms with Crippen LogP contribution >= 0.6 is 11.6 Å². The first-order valence-corrected chi connectivity index (χ1v) is 11.0. The number of nitro benzene ring substituents is 1. The molecule has 0 bridgehead atoms. The molecule has 30 heavy (non-hydrogen) atoms. The second kappa shape index (κ2) is 9.09. The van der Waals surface area contributed by atoms with Gasteiger partial charge in [-0.3, -0.25) is 19.8 Å². The molecule has 1 aliphatic rings. The number of nitro groups is 1. The van der Waals surface area contributed by atoms with Gasteiger partial charge in [0.25, 0.3) is 5.69 Å². The Morgan fingerprint density at radius 3 is 2.37 bits per heavy atom. The Labute approximate surface area is 179 Å². The van der Waals surface area contributed by atoms with Gasteiger partial charge in [-0.1, -0.05) is 17.7 Å². The van der Waals surface area contributed by atoms with E-state index in [2.05, 4.69) is 5.32 Å². The molecule has 1 fully saturated rings. The highest BCUT2D eigenvalue weighted by Crippen LogP contribution is 2.25. The molecule has 3 rings (SSSR count). The molecule has 1 saturated heterocycles. The summed E-state index contributed by atoms with van der Waals surface area (Å²) in [6, 6.07) is 10.6. The van der Waals surface area contributed by atoms with Crippen LogP contribution in [0.2, 0.25) is 5.02 Å². The topological polar surface area (TPSA) is 113 Å². The Kier molecular flexibility index (Phi) is 6.71. The number of non-ortho nitro benzene ring substituents is 1. The van der Waals surface area contributed by atoms with E-state index in [1.165, 1.54) is 16.4 Å². The number of carbonyl (C=O) groups is 1. The molecule has 0 radical (unpaired) electrons. The van der Waals surface area contributed by atoms with Gasteiger partial charge in [-0.2, -0.15) is 4.31 Å². The number of piperazine rings is 1. The second-order valence-electron chi connectivity index (χ2n) is 6.94. The zero-order valence-corrected chi connectivity index (χ0v) is 17.8. The second-order valence-corrected chi connectivity index (χ2v) is 9.29. The molecule has 0 saturated carbocycles. The fraction of sp³-hybridized carbons (Fsp3) is 0.316. The van der Waals surface area contributed by atoms with Crippen LogP contribution in [0.5, 0.6) is 0 Å². The summed E-state index contributed by atoms with van der Waals surface area (Å²) in [7, 11) is -3.86. The Morgan fingerprint density at radius 2 is 1.77 bits per heavy atom. The predicted octanol–water partition coefficient (Wildman–Crippen LogP) is 2.50. The third-order valence-corrected chi connectivity index (χ3v) is 7.12. The van der Waals surface area contributed by atoms with Crippen LogP contribution in [0.25, 0.3) is 0 Å². The van der Waals surface area contributed by atoms with Crippen molar-refractivity contribution in [2.24, 2.45) is 0 Å². The first-order valence-electron chi connectivity index (χ1n) is 9.20. The van der Waals surface area contributed by atoms with Crippen LogP contribution in [-0.4, -0.2) is 61.2 Å². The van der Waals surface area contributed by atoms with Crippen molar-refractivity contribution in [3.05, 3.63) is 63.2 Å². The van der Waals surface area contributed by atoms with E-state index in [1.807, 2.05) is 4.90 Å². The van der Waals surface area contributed by atoms with Crippen LogP contribution in [0.3, 0.4) is 0 Å². The Hall–Kier alpha value is -2.53. The Morgan fingerprint density at radius 1 is 1.13 bits per heavy atom. The van der Waals surface area contributed by atoms with Crippen LogP contribution < -0.4 is 5.32 Å². The van der Waals surface area contributed by atoms with Gasteiger partial charge >= 0.3 is 0 Å². The van der Waals surface area contributed by atoms with Gasteiger partial charge in [0.15, 0.2) is 0 Å². The number of benzene rings is 2. The lowest BCUT2D eigenvalue weighted by molar-refractivity contribution is -0.385. The van der Waals surface area contributed by atoms with E-state index in [1.54, 1.807) is 31.2 Å². The normalized spacial score (nSPS) is 15.7. The Balaban J connectivity index is 1.61. The van der Waals surface area contributed by atoms with Crippen molar-refractivity contribution in [3.8, 4) is 0 Å². The van der Waals surface area contributed by atoms with E-state index < -0.39 is 14.9 Å². The summed E-state index contributed by atoms with van der Waals surface area (Å²) < 4.78 is 27.2.